The molecule has 0 aliphatic heterocycles. The van der Waals surface area contributed by atoms with Crippen LogP contribution in [0.2, 0.25) is 10.0 Å². The van der Waals surface area contributed by atoms with Crippen molar-refractivity contribution in [2.24, 2.45) is 23.5 Å². The molecule has 9 nitrogen and oxygen atoms in total. The van der Waals surface area contributed by atoms with E-state index in [4.69, 9.17) is 33.7 Å². The van der Waals surface area contributed by atoms with Crippen molar-refractivity contribution in [1.29, 1.82) is 0 Å². The molecule has 0 aromatic heterocycles. The number of aliphatic carboxylic acids is 2. The van der Waals surface area contributed by atoms with Crippen LogP contribution in [0, 0.1) is 17.8 Å². The lowest BCUT2D eigenvalue weighted by Gasteiger charge is -2.34. The molecule has 0 heterocycles. The van der Waals surface area contributed by atoms with E-state index in [2.05, 4.69) is 10.1 Å². The molecule has 0 saturated heterocycles. The summed E-state index contributed by atoms with van der Waals surface area (Å²) in [6.07, 6.45) is -2.01. The number of rotatable bonds is 6. The Morgan fingerprint density at radius 1 is 1.25 bits per heavy atom. The number of benzene rings is 1. The second-order valence-electron chi connectivity index (χ2n) is 6.85. The van der Waals surface area contributed by atoms with Gasteiger partial charge in [0.2, 0.25) is 0 Å². The van der Waals surface area contributed by atoms with Crippen molar-refractivity contribution >= 4 is 41.2 Å². The van der Waals surface area contributed by atoms with Crippen molar-refractivity contribution in [2.45, 2.75) is 24.3 Å². The monoisotopic (exact) mass is 432 g/mol. The van der Waals surface area contributed by atoms with Gasteiger partial charge in [-0.2, -0.15) is 0 Å². The maximum atomic E-state index is 12.0. The van der Waals surface area contributed by atoms with Gasteiger partial charge in [0, 0.05) is 11.8 Å². The van der Waals surface area contributed by atoms with Crippen LogP contribution in [0.15, 0.2) is 18.2 Å². The molecule has 5 N–H and O–H groups in total. The highest BCUT2D eigenvalue weighted by Crippen LogP contribution is 2.62. The highest BCUT2D eigenvalue weighted by Gasteiger charge is 2.79. The van der Waals surface area contributed by atoms with Gasteiger partial charge in [0.25, 0.3) is 0 Å². The van der Waals surface area contributed by atoms with Gasteiger partial charge in [0.05, 0.1) is 35.7 Å². The average molecular weight is 433 g/mol. The molecule has 1 aromatic rings. The number of carbonyl (C=O) groups is 3. The van der Waals surface area contributed by atoms with E-state index < -0.39 is 53.5 Å². The number of methoxy groups -OCH3 is 1. The average Bonchev–Trinajstić information content (AvgIpc) is 3.34. The molecule has 2 fully saturated rings. The van der Waals surface area contributed by atoms with Gasteiger partial charge in [-0.3, -0.25) is 9.59 Å². The van der Waals surface area contributed by atoms with Crippen LogP contribution in [0.3, 0.4) is 0 Å². The first-order valence-corrected chi connectivity index (χ1v) is 9.03. The number of amides is 1. The van der Waals surface area contributed by atoms with Gasteiger partial charge < -0.3 is 30.7 Å². The van der Waals surface area contributed by atoms with E-state index in [-0.39, 0.29) is 6.61 Å². The van der Waals surface area contributed by atoms with E-state index in [0.717, 1.165) is 7.11 Å². The third kappa shape index (κ3) is 3.28. The quantitative estimate of drug-likeness (QED) is 0.526. The Morgan fingerprint density at radius 2 is 1.93 bits per heavy atom. The predicted molar refractivity (Wildman–Crippen MR) is 97.0 cm³/mol. The molecule has 2 saturated carbocycles. The van der Waals surface area contributed by atoms with E-state index in [1.807, 2.05) is 0 Å². The summed E-state index contributed by atoms with van der Waals surface area (Å²) in [5.74, 6) is -5.14. The molecular formula is C17H18Cl2N2O7. The van der Waals surface area contributed by atoms with Gasteiger partial charge in [0.1, 0.15) is 11.6 Å². The Hall–Kier alpha value is -2.07. The summed E-state index contributed by atoms with van der Waals surface area (Å²) in [7, 11) is 1.14. The third-order valence-electron chi connectivity index (χ3n) is 5.38. The van der Waals surface area contributed by atoms with Crippen LogP contribution >= 0.6 is 23.2 Å². The first-order chi connectivity index (χ1) is 13.1. The second kappa shape index (κ2) is 7.40. The van der Waals surface area contributed by atoms with Crippen LogP contribution in [-0.2, 0) is 25.7 Å². The fourth-order valence-corrected chi connectivity index (χ4v) is 4.41. The SMILES string of the molecule is COC(=O)NC1C2C(C(=O)O)C2C(N)(C(=O)O)C1OCc1ccc(Cl)c(Cl)c1. The van der Waals surface area contributed by atoms with Crippen molar-refractivity contribution in [2.75, 3.05) is 7.11 Å². The van der Waals surface area contributed by atoms with Crippen molar-refractivity contribution < 1.29 is 34.1 Å². The Labute approximate surface area is 169 Å². The van der Waals surface area contributed by atoms with Gasteiger partial charge >= 0.3 is 18.0 Å². The summed E-state index contributed by atoms with van der Waals surface area (Å²) in [5.41, 5.74) is 4.77. The number of carboxylic acids is 2. The molecule has 0 bridgehead atoms. The lowest BCUT2D eigenvalue weighted by molar-refractivity contribution is -0.153. The summed E-state index contributed by atoms with van der Waals surface area (Å²) in [5, 5.41) is 22.2. The van der Waals surface area contributed by atoms with Crippen LogP contribution in [0.4, 0.5) is 4.79 Å². The maximum Gasteiger partial charge on any atom is 0.407 e. The zero-order valence-corrected chi connectivity index (χ0v) is 16.1. The molecule has 28 heavy (non-hydrogen) atoms. The lowest BCUT2D eigenvalue weighted by atomic mass is 9.87. The van der Waals surface area contributed by atoms with Crippen LogP contribution in [0.25, 0.3) is 0 Å². The number of hydrogen-bond acceptors (Lipinski definition) is 6. The Bertz CT molecular complexity index is 836. The van der Waals surface area contributed by atoms with Crippen LogP contribution in [0.1, 0.15) is 5.56 Å². The Balaban J connectivity index is 1.88. The van der Waals surface area contributed by atoms with Gasteiger partial charge in [-0.15, -0.1) is 0 Å². The summed E-state index contributed by atoms with van der Waals surface area (Å²) in [6.45, 7) is -0.0652. The van der Waals surface area contributed by atoms with Crippen LogP contribution < -0.4 is 11.1 Å². The molecule has 3 rings (SSSR count). The van der Waals surface area contributed by atoms with Crippen LogP contribution in [0.5, 0.6) is 0 Å². The van der Waals surface area contributed by atoms with Gasteiger partial charge in [0.15, 0.2) is 0 Å². The van der Waals surface area contributed by atoms with E-state index in [1.165, 1.54) is 0 Å². The zero-order chi connectivity index (χ0) is 20.8. The molecule has 1 aromatic carbocycles. The number of halogens is 2. The van der Waals surface area contributed by atoms with Gasteiger partial charge in [-0.25, -0.2) is 4.79 Å². The highest BCUT2D eigenvalue weighted by molar-refractivity contribution is 6.42. The van der Waals surface area contributed by atoms with Crippen molar-refractivity contribution in [3.05, 3.63) is 33.8 Å². The number of alkyl carbamates (subject to hydrolysis) is 1. The first-order valence-electron chi connectivity index (χ1n) is 8.28. The third-order valence-corrected chi connectivity index (χ3v) is 6.12. The minimum atomic E-state index is -1.99. The van der Waals surface area contributed by atoms with Crippen molar-refractivity contribution in [3.63, 3.8) is 0 Å². The Kier molecular flexibility index (Phi) is 5.46. The van der Waals surface area contributed by atoms with Crippen molar-refractivity contribution in [1.82, 2.24) is 5.32 Å². The fraction of sp³-hybridized carbons (Fsp3) is 0.471. The van der Waals surface area contributed by atoms with Crippen LogP contribution in [-0.4, -0.2) is 53.0 Å². The maximum absolute atomic E-state index is 12.0. The molecule has 152 valence electrons. The summed E-state index contributed by atoms with van der Waals surface area (Å²) < 4.78 is 10.3. The number of ether oxygens (including phenoxy) is 2. The zero-order valence-electron chi connectivity index (χ0n) is 14.6. The number of carboxylic acid groups (broad SMARTS) is 2. The fourth-order valence-electron chi connectivity index (χ4n) is 4.09. The van der Waals surface area contributed by atoms with Crippen molar-refractivity contribution in [3.8, 4) is 0 Å². The first kappa shape index (κ1) is 20.7. The summed E-state index contributed by atoms with van der Waals surface area (Å²) >= 11 is 11.8. The van der Waals surface area contributed by atoms with Gasteiger partial charge in [-0.05, 0) is 17.7 Å². The highest BCUT2D eigenvalue weighted by atomic mass is 35.5. The molecule has 1 amide bonds. The lowest BCUT2D eigenvalue weighted by Crippen LogP contribution is -2.63. The normalized spacial score (nSPS) is 33.1. The molecule has 0 radical (unpaired) electrons. The minimum Gasteiger partial charge on any atom is -0.481 e. The number of hydrogen-bond donors (Lipinski definition) is 4. The molecule has 6 atom stereocenters. The van der Waals surface area contributed by atoms with E-state index in [1.54, 1.807) is 18.2 Å². The Morgan fingerprint density at radius 3 is 2.46 bits per heavy atom. The molecule has 6 unspecified atom stereocenters. The number of nitrogens with two attached hydrogens (primary N) is 1. The number of nitrogens with one attached hydrogen (secondary N) is 1. The molecule has 0 spiro atoms. The second-order valence-corrected chi connectivity index (χ2v) is 7.66. The molecule has 2 aliphatic rings. The summed E-state index contributed by atoms with van der Waals surface area (Å²) in [6, 6.07) is 3.82. The minimum absolute atomic E-state index is 0.0652. The number of fused-ring (bicyclic) bond motifs is 1. The standard InChI is InChI=1S/C17H18Cl2N2O7/c1-27-16(26)21-12-9-10(14(22)23)11(9)17(20,15(24)25)13(12)28-5-6-2-3-7(18)8(19)4-6/h2-4,9-13H,5,20H2,1H3,(H,21,26)(H,22,23)(H,24,25). The number of carbonyl (C=O) groups excluding carboxylic acids is 1. The van der Waals surface area contributed by atoms with Gasteiger partial charge in [-0.1, -0.05) is 29.3 Å². The largest absolute Gasteiger partial charge is 0.481 e. The smallest absolute Gasteiger partial charge is 0.407 e. The predicted octanol–water partition coefficient (Wildman–Crippen LogP) is 1.35. The summed E-state index contributed by atoms with van der Waals surface area (Å²) in [4.78, 5) is 35.2. The van der Waals surface area contributed by atoms with E-state index in [0.29, 0.717) is 15.6 Å². The van der Waals surface area contributed by atoms with E-state index in [9.17, 15) is 24.6 Å². The molecule has 11 heteroatoms. The topological polar surface area (TPSA) is 148 Å². The molecular weight excluding hydrogens is 415 g/mol. The molecule has 2 aliphatic carbocycles. The van der Waals surface area contributed by atoms with E-state index >= 15 is 0 Å².